The highest BCUT2D eigenvalue weighted by atomic mass is 16.3. The van der Waals surface area contributed by atoms with Crippen LogP contribution < -0.4 is 0 Å². The van der Waals surface area contributed by atoms with Crippen LogP contribution in [0, 0.1) is 0 Å². The molecule has 0 aliphatic heterocycles. The fraction of sp³-hybridized carbons (Fsp3) is 0.0152. The van der Waals surface area contributed by atoms with Gasteiger partial charge in [0.25, 0.3) is 0 Å². The third-order valence-corrected chi connectivity index (χ3v) is 14.9. The van der Waals surface area contributed by atoms with Gasteiger partial charge in [0.05, 0.1) is 5.41 Å². The van der Waals surface area contributed by atoms with E-state index in [2.05, 4.69) is 164 Å². The molecular weight excluding hydrogens is 851 g/mol. The fourth-order valence-electron chi connectivity index (χ4n) is 11.8. The summed E-state index contributed by atoms with van der Waals surface area (Å²) in [5.41, 5.74) is 19.3. The van der Waals surface area contributed by atoms with Gasteiger partial charge in [-0.15, -0.1) is 0 Å². The van der Waals surface area contributed by atoms with Gasteiger partial charge in [0.15, 0.2) is 17.5 Å². The Morgan fingerprint density at radius 3 is 1.27 bits per heavy atom. The van der Waals surface area contributed by atoms with Gasteiger partial charge in [-0.3, -0.25) is 0 Å². The summed E-state index contributed by atoms with van der Waals surface area (Å²) in [5, 5.41) is 6.83. The van der Waals surface area contributed by atoms with E-state index in [0.717, 1.165) is 49.8 Å². The molecule has 0 radical (unpaired) electrons. The van der Waals surface area contributed by atoms with Gasteiger partial charge >= 0.3 is 0 Å². The van der Waals surface area contributed by atoms with Crippen molar-refractivity contribution in [1.29, 1.82) is 0 Å². The zero-order chi connectivity index (χ0) is 45.9. The second-order valence-corrected chi connectivity index (χ2v) is 18.6. The minimum atomic E-state index is -0.392. The Morgan fingerprint density at radius 1 is 0.271 bits per heavy atom. The average Bonchev–Trinajstić information content (AvgIpc) is 4.07. The van der Waals surface area contributed by atoms with Gasteiger partial charge in [0, 0.05) is 27.5 Å². The monoisotopic (exact) mass is 889 g/mol. The lowest BCUT2D eigenvalue weighted by Crippen LogP contribution is -2.25. The first-order valence-corrected chi connectivity index (χ1v) is 23.9. The summed E-state index contributed by atoms with van der Waals surface area (Å²) in [5.74, 6) is 1.84. The lowest BCUT2D eigenvalue weighted by atomic mass is 9.70. The van der Waals surface area contributed by atoms with Crippen LogP contribution in [0.1, 0.15) is 22.3 Å². The molecule has 0 unspecified atom stereocenters. The second kappa shape index (κ2) is 14.9. The largest absolute Gasteiger partial charge is 0.456 e. The lowest BCUT2D eigenvalue weighted by molar-refractivity contribution is 0.669. The van der Waals surface area contributed by atoms with Gasteiger partial charge in [-0.05, 0) is 125 Å². The Balaban J connectivity index is 0.866. The molecule has 324 valence electrons. The van der Waals surface area contributed by atoms with Crippen LogP contribution in [0.3, 0.4) is 0 Å². The maximum Gasteiger partial charge on any atom is 0.164 e. The van der Waals surface area contributed by atoms with E-state index >= 15 is 0 Å². The minimum absolute atomic E-state index is 0.392. The molecule has 0 atom stereocenters. The molecule has 0 amide bonds. The van der Waals surface area contributed by atoms with Gasteiger partial charge in [0.2, 0.25) is 0 Å². The molecule has 0 fully saturated rings. The summed E-state index contributed by atoms with van der Waals surface area (Å²) in [6.07, 6.45) is 0. The molecule has 0 bridgehead atoms. The molecule has 2 heterocycles. The van der Waals surface area contributed by atoms with E-state index in [-0.39, 0.29) is 0 Å². The normalized spacial score (nSPS) is 13.0. The quantitative estimate of drug-likeness (QED) is 0.162. The number of hydrogen-bond donors (Lipinski definition) is 0. The van der Waals surface area contributed by atoms with Gasteiger partial charge < -0.3 is 4.42 Å². The smallest absolute Gasteiger partial charge is 0.164 e. The molecule has 0 saturated carbocycles. The highest BCUT2D eigenvalue weighted by Crippen LogP contribution is 2.63. The highest BCUT2D eigenvalue weighted by molar-refractivity contribution is 6.14. The van der Waals surface area contributed by atoms with E-state index in [1.807, 2.05) is 72.8 Å². The predicted molar refractivity (Wildman–Crippen MR) is 286 cm³/mol. The molecule has 0 saturated heterocycles. The van der Waals surface area contributed by atoms with Gasteiger partial charge in [-0.1, -0.05) is 200 Å². The standard InChI is InChI=1S/C66H39N3O/c1-3-14-42(15-4-1)63-67-64(43-16-5-2-6-17-43)69-65(68-63)52-21-13-25-61-62(52)55-38-46(33-35-60(55)70-61)44-30-28-40-26-27-41-29-31-45(37-54(41)53(40)36-44)47-32-34-51-50-20-9-12-24-58(50)66(59(51)39-47)56-22-10-7-18-48(56)49-19-8-11-23-57(49)66/h1-39H. The number of rotatable bonds is 5. The summed E-state index contributed by atoms with van der Waals surface area (Å²) in [4.78, 5) is 15.2. The van der Waals surface area contributed by atoms with Crippen LogP contribution in [0.4, 0.5) is 0 Å². The van der Waals surface area contributed by atoms with Crippen LogP contribution in [0.15, 0.2) is 241 Å². The van der Waals surface area contributed by atoms with Crippen molar-refractivity contribution in [3.8, 4) is 78.7 Å². The first-order valence-electron chi connectivity index (χ1n) is 23.9. The second-order valence-electron chi connectivity index (χ2n) is 18.6. The molecule has 2 aliphatic rings. The summed E-state index contributed by atoms with van der Waals surface area (Å²) in [6.45, 7) is 0. The molecule has 0 N–H and O–H groups in total. The van der Waals surface area contributed by atoms with Crippen LogP contribution in [0.2, 0.25) is 0 Å². The average molecular weight is 890 g/mol. The first kappa shape index (κ1) is 38.8. The third kappa shape index (κ3) is 5.62. The Labute approximate surface area is 403 Å². The maximum atomic E-state index is 6.56. The Hall–Kier alpha value is -9.25. The van der Waals surface area contributed by atoms with E-state index in [0.29, 0.717) is 17.5 Å². The summed E-state index contributed by atoms with van der Waals surface area (Å²) in [7, 11) is 0. The lowest BCUT2D eigenvalue weighted by Gasteiger charge is -2.30. The SMILES string of the molecule is c1ccc(-c2nc(-c3ccccc3)nc(-c3cccc4oc5ccc(-c6ccc7ccc8ccc(-c9ccc%10c(c9)C9(c%11ccccc%11-c%11ccccc%119)c9ccccc9-%10)cc8c7c6)cc5c34)n2)cc1. The number of furan rings is 1. The summed E-state index contributed by atoms with van der Waals surface area (Å²) >= 11 is 0. The molecule has 2 aromatic heterocycles. The Morgan fingerprint density at radius 2 is 0.700 bits per heavy atom. The van der Waals surface area contributed by atoms with E-state index < -0.39 is 5.41 Å². The van der Waals surface area contributed by atoms with E-state index in [4.69, 9.17) is 19.4 Å². The van der Waals surface area contributed by atoms with Crippen molar-refractivity contribution in [2.24, 2.45) is 0 Å². The molecule has 11 aromatic carbocycles. The first-order chi connectivity index (χ1) is 34.7. The summed E-state index contributed by atoms with van der Waals surface area (Å²) in [6, 6.07) is 85.4. The van der Waals surface area contributed by atoms with Crippen LogP contribution in [0.25, 0.3) is 122 Å². The molecule has 2 aliphatic carbocycles. The molecule has 70 heavy (non-hydrogen) atoms. The van der Waals surface area contributed by atoms with Crippen molar-refractivity contribution in [1.82, 2.24) is 15.0 Å². The van der Waals surface area contributed by atoms with Crippen LogP contribution in [-0.2, 0) is 5.41 Å². The van der Waals surface area contributed by atoms with Crippen LogP contribution in [-0.4, -0.2) is 15.0 Å². The zero-order valence-corrected chi connectivity index (χ0v) is 37.8. The van der Waals surface area contributed by atoms with Crippen molar-refractivity contribution in [2.75, 3.05) is 0 Å². The van der Waals surface area contributed by atoms with E-state index in [1.54, 1.807) is 0 Å². The van der Waals surface area contributed by atoms with Crippen molar-refractivity contribution >= 4 is 43.5 Å². The number of hydrogen-bond acceptors (Lipinski definition) is 4. The predicted octanol–water partition coefficient (Wildman–Crippen LogP) is 16.8. The third-order valence-electron chi connectivity index (χ3n) is 14.9. The molecule has 4 heteroatoms. The van der Waals surface area contributed by atoms with Crippen LogP contribution >= 0.6 is 0 Å². The number of nitrogens with zero attached hydrogens (tertiary/aromatic N) is 3. The van der Waals surface area contributed by atoms with Gasteiger partial charge in [-0.2, -0.15) is 0 Å². The molecular formula is C66H39N3O. The molecule has 1 spiro atoms. The van der Waals surface area contributed by atoms with Crippen LogP contribution in [0.5, 0.6) is 0 Å². The van der Waals surface area contributed by atoms with Crippen molar-refractivity contribution in [3.05, 3.63) is 259 Å². The summed E-state index contributed by atoms with van der Waals surface area (Å²) < 4.78 is 6.56. The van der Waals surface area contributed by atoms with Gasteiger partial charge in [0.1, 0.15) is 11.2 Å². The van der Waals surface area contributed by atoms with Gasteiger partial charge in [-0.25, -0.2) is 15.0 Å². The van der Waals surface area contributed by atoms with E-state index in [9.17, 15) is 0 Å². The van der Waals surface area contributed by atoms with Crippen molar-refractivity contribution < 1.29 is 4.42 Å². The number of aromatic nitrogens is 3. The molecule has 4 nitrogen and oxygen atoms in total. The van der Waals surface area contributed by atoms with E-state index in [1.165, 1.54) is 77.2 Å². The number of benzene rings is 11. The Bertz CT molecular complexity index is 4180. The maximum absolute atomic E-state index is 6.56. The van der Waals surface area contributed by atoms with Crippen molar-refractivity contribution in [2.45, 2.75) is 5.41 Å². The fourth-order valence-corrected chi connectivity index (χ4v) is 11.8. The topological polar surface area (TPSA) is 51.8 Å². The molecule has 15 rings (SSSR count). The zero-order valence-electron chi connectivity index (χ0n) is 37.8. The minimum Gasteiger partial charge on any atom is -0.456 e. The molecule has 13 aromatic rings. The highest BCUT2D eigenvalue weighted by Gasteiger charge is 2.51. The number of fused-ring (bicyclic) bond motifs is 16. The van der Waals surface area contributed by atoms with Crippen molar-refractivity contribution in [3.63, 3.8) is 0 Å². The Kier molecular flexibility index (Phi) is 8.25.